The molecule has 0 saturated heterocycles. The van der Waals surface area contributed by atoms with Crippen LogP contribution in [0.2, 0.25) is 0 Å². The van der Waals surface area contributed by atoms with Gasteiger partial charge in [0.1, 0.15) is 6.10 Å². The van der Waals surface area contributed by atoms with Crippen LogP contribution in [-0.2, 0) is 14.3 Å². The minimum Gasteiger partial charge on any atom is -0.394 e. The molecule has 0 spiro atoms. The highest BCUT2D eigenvalue weighted by Crippen LogP contribution is 2.27. The molecule has 2 amide bonds. The molecule has 1 aliphatic carbocycles. The second kappa shape index (κ2) is 9.15. The van der Waals surface area contributed by atoms with E-state index < -0.39 is 12.2 Å². The molecule has 3 N–H and O–H groups in total. The molecular weight excluding hydrogens is 344 g/mol. The SMILES string of the molecule is C[C@H](NC(=O)C[C@@H]1C=C[C@H](NC(=O)C2CCC2)[C@@H](CO)O1)c1ccccc1. The van der Waals surface area contributed by atoms with E-state index in [2.05, 4.69) is 10.6 Å². The van der Waals surface area contributed by atoms with Gasteiger partial charge in [0.05, 0.1) is 31.2 Å². The van der Waals surface area contributed by atoms with Gasteiger partial charge >= 0.3 is 0 Å². The molecule has 6 nitrogen and oxygen atoms in total. The van der Waals surface area contributed by atoms with E-state index in [9.17, 15) is 14.7 Å². The average molecular weight is 372 g/mol. The summed E-state index contributed by atoms with van der Waals surface area (Å²) in [6.45, 7) is 1.73. The monoisotopic (exact) mass is 372 g/mol. The van der Waals surface area contributed by atoms with E-state index in [1.165, 1.54) is 0 Å². The van der Waals surface area contributed by atoms with Gasteiger partial charge in [-0.15, -0.1) is 0 Å². The Morgan fingerprint density at radius 2 is 1.96 bits per heavy atom. The maximum absolute atomic E-state index is 12.3. The lowest BCUT2D eigenvalue weighted by Crippen LogP contribution is -2.51. The van der Waals surface area contributed by atoms with Crippen LogP contribution in [0.15, 0.2) is 42.5 Å². The fourth-order valence-electron chi connectivity index (χ4n) is 3.40. The number of hydrogen-bond acceptors (Lipinski definition) is 4. The molecule has 2 aliphatic rings. The van der Waals surface area contributed by atoms with E-state index in [0.717, 1.165) is 24.8 Å². The van der Waals surface area contributed by atoms with Gasteiger partial charge in [-0.25, -0.2) is 0 Å². The second-order valence-electron chi connectivity index (χ2n) is 7.35. The molecule has 0 bridgehead atoms. The van der Waals surface area contributed by atoms with Gasteiger partial charge in [0.2, 0.25) is 11.8 Å². The van der Waals surface area contributed by atoms with Crippen molar-refractivity contribution in [3.63, 3.8) is 0 Å². The summed E-state index contributed by atoms with van der Waals surface area (Å²) < 4.78 is 5.83. The van der Waals surface area contributed by atoms with Gasteiger partial charge in [0.15, 0.2) is 0 Å². The van der Waals surface area contributed by atoms with Crippen LogP contribution < -0.4 is 10.6 Å². The highest BCUT2D eigenvalue weighted by Gasteiger charge is 2.32. The topological polar surface area (TPSA) is 87.7 Å². The van der Waals surface area contributed by atoms with Crippen molar-refractivity contribution in [1.82, 2.24) is 10.6 Å². The van der Waals surface area contributed by atoms with Crippen LogP contribution in [0.4, 0.5) is 0 Å². The predicted octanol–water partition coefficient (Wildman–Crippen LogP) is 1.85. The first-order valence-corrected chi connectivity index (χ1v) is 9.66. The molecule has 146 valence electrons. The lowest BCUT2D eigenvalue weighted by atomic mass is 9.84. The number of hydrogen-bond donors (Lipinski definition) is 3. The molecule has 1 aromatic rings. The van der Waals surface area contributed by atoms with Crippen molar-refractivity contribution < 1.29 is 19.4 Å². The molecule has 0 radical (unpaired) electrons. The highest BCUT2D eigenvalue weighted by molar-refractivity contribution is 5.80. The fourth-order valence-corrected chi connectivity index (χ4v) is 3.40. The predicted molar refractivity (Wildman–Crippen MR) is 102 cm³/mol. The Hall–Kier alpha value is -2.18. The van der Waals surface area contributed by atoms with E-state index in [1.807, 2.05) is 43.3 Å². The van der Waals surface area contributed by atoms with Gasteiger partial charge < -0.3 is 20.5 Å². The lowest BCUT2D eigenvalue weighted by molar-refractivity contribution is -0.132. The van der Waals surface area contributed by atoms with Crippen molar-refractivity contribution in [3.05, 3.63) is 48.0 Å². The summed E-state index contributed by atoms with van der Waals surface area (Å²) in [6, 6.07) is 9.32. The first-order chi connectivity index (χ1) is 13.1. The normalized spacial score (nSPS) is 26.1. The quantitative estimate of drug-likeness (QED) is 0.638. The smallest absolute Gasteiger partial charge is 0.223 e. The average Bonchev–Trinajstić information content (AvgIpc) is 2.62. The van der Waals surface area contributed by atoms with Crippen molar-refractivity contribution in [2.24, 2.45) is 5.92 Å². The summed E-state index contributed by atoms with van der Waals surface area (Å²) in [5.74, 6) is -0.0128. The molecule has 1 aliphatic heterocycles. The van der Waals surface area contributed by atoms with Crippen LogP contribution in [0, 0.1) is 5.92 Å². The third-order valence-corrected chi connectivity index (χ3v) is 5.31. The molecule has 6 heteroatoms. The standard InChI is InChI=1S/C21H28N2O4/c1-14(15-6-3-2-4-7-15)22-20(25)12-17-10-11-18(19(13-24)27-17)23-21(26)16-8-5-9-16/h2-4,6-7,10-11,14,16-19,24H,5,8-9,12-13H2,1H3,(H,22,25)(H,23,26)/t14-,17-,18-,19+/m0/s1. The van der Waals surface area contributed by atoms with E-state index in [4.69, 9.17) is 4.74 Å². The maximum Gasteiger partial charge on any atom is 0.223 e. The number of amides is 2. The molecule has 1 heterocycles. The summed E-state index contributed by atoms with van der Waals surface area (Å²) in [5, 5.41) is 15.5. The van der Waals surface area contributed by atoms with Crippen molar-refractivity contribution >= 4 is 11.8 Å². The van der Waals surface area contributed by atoms with Crippen LogP contribution >= 0.6 is 0 Å². The Kier molecular flexibility index (Phi) is 6.63. The zero-order chi connectivity index (χ0) is 19.2. The summed E-state index contributed by atoms with van der Waals surface area (Å²) in [7, 11) is 0. The van der Waals surface area contributed by atoms with Crippen LogP contribution in [0.25, 0.3) is 0 Å². The second-order valence-corrected chi connectivity index (χ2v) is 7.35. The number of carbonyl (C=O) groups excluding carboxylic acids is 2. The number of benzene rings is 1. The van der Waals surface area contributed by atoms with E-state index >= 15 is 0 Å². The van der Waals surface area contributed by atoms with Gasteiger partial charge in [-0.3, -0.25) is 9.59 Å². The summed E-state index contributed by atoms with van der Waals surface area (Å²) in [5.41, 5.74) is 1.04. The Balaban J connectivity index is 1.51. The number of carbonyl (C=O) groups is 2. The van der Waals surface area contributed by atoms with Gasteiger partial charge in [-0.05, 0) is 25.3 Å². The first kappa shape index (κ1) is 19.6. The van der Waals surface area contributed by atoms with Gasteiger partial charge in [0.25, 0.3) is 0 Å². The van der Waals surface area contributed by atoms with Crippen molar-refractivity contribution in [2.75, 3.05) is 6.61 Å². The maximum atomic E-state index is 12.3. The van der Waals surface area contributed by atoms with E-state index in [0.29, 0.717) is 0 Å². The number of nitrogens with one attached hydrogen (secondary N) is 2. The summed E-state index contributed by atoms with van der Waals surface area (Å²) in [4.78, 5) is 24.5. The molecule has 1 aromatic carbocycles. The van der Waals surface area contributed by atoms with Gasteiger partial charge in [-0.2, -0.15) is 0 Å². The molecule has 4 atom stereocenters. The van der Waals surface area contributed by atoms with Crippen molar-refractivity contribution in [1.29, 1.82) is 0 Å². The van der Waals surface area contributed by atoms with Crippen molar-refractivity contribution in [3.8, 4) is 0 Å². The Morgan fingerprint density at radius 3 is 2.59 bits per heavy atom. The van der Waals surface area contributed by atoms with E-state index in [-0.39, 0.29) is 42.8 Å². The third kappa shape index (κ3) is 5.17. The van der Waals surface area contributed by atoms with Gasteiger partial charge in [-0.1, -0.05) is 48.9 Å². The molecule has 1 fully saturated rings. The third-order valence-electron chi connectivity index (χ3n) is 5.31. The molecule has 0 unspecified atom stereocenters. The van der Waals surface area contributed by atoms with Crippen LogP contribution in [-0.4, -0.2) is 41.8 Å². The number of aliphatic hydroxyl groups is 1. The van der Waals surface area contributed by atoms with Crippen molar-refractivity contribution in [2.45, 2.75) is 56.9 Å². The number of ether oxygens (including phenoxy) is 1. The Bertz CT molecular complexity index is 672. The summed E-state index contributed by atoms with van der Waals surface area (Å²) >= 11 is 0. The zero-order valence-electron chi connectivity index (χ0n) is 15.6. The Morgan fingerprint density at radius 1 is 1.22 bits per heavy atom. The van der Waals surface area contributed by atoms with E-state index in [1.54, 1.807) is 6.08 Å². The Labute approximate surface area is 160 Å². The lowest BCUT2D eigenvalue weighted by Gasteiger charge is -2.34. The zero-order valence-corrected chi connectivity index (χ0v) is 15.6. The number of aliphatic hydroxyl groups excluding tert-OH is 1. The van der Waals surface area contributed by atoms with Crippen LogP contribution in [0.5, 0.6) is 0 Å². The number of rotatable bonds is 7. The first-order valence-electron chi connectivity index (χ1n) is 9.66. The molecule has 27 heavy (non-hydrogen) atoms. The largest absolute Gasteiger partial charge is 0.394 e. The molecule has 1 saturated carbocycles. The molecular formula is C21H28N2O4. The van der Waals surface area contributed by atoms with Gasteiger partial charge in [0, 0.05) is 5.92 Å². The summed E-state index contributed by atoms with van der Waals surface area (Å²) in [6.07, 6.45) is 5.80. The van der Waals surface area contributed by atoms with Crippen LogP contribution in [0.1, 0.15) is 44.2 Å². The minimum atomic E-state index is -0.539. The van der Waals surface area contributed by atoms with Crippen LogP contribution in [0.3, 0.4) is 0 Å². The molecule has 3 rings (SSSR count). The fraction of sp³-hybridized carbons (Fsp3) is 0.524. The minimum absolute atomic E-state index is 0.0193. The molecule has 0 aromatic heterocycles. The highest BCUT2D eigenvalue weighted by atomic mass is 16.5.